The third-order valence-corrected chi connectivity index (χ3v) is 4.74. The monoisotopic (exact) mass is 298 g/mol. The number of thiazole rings is 1. The van der Waals surface area contributed by atoms with Crippen molar-refractivity contribution in [3.05, 3.63) is 59.6 Å². The molecule has 0 saturated heterocycles. The summed E-state index contributed by atoms with van der Waals surface area (Å²) in [4.78, 5) is 0. The molecular weight excluding hydrogens is 278 g/mol. The van der Waals surface area contributed by atoms with Crippen LogP contribution in [0.4, 0.5) is 5.69 Å². The van der Waals surface area contributed by atoms with Gasteiger partial charge in [-0.25, -0.2) is 5.84 Å². The van der Waals surface area contributed by atoms with Crippen molar-refractivity contribution in [3.8, 4) is 0 Å². The first kappa shape index (κ1) is 14.0. The van der Waals surface area contributed by atoms with Crippen molar-refractivity contribution >= 4 is 27.2 Å². The molecule has 0 aliphatic heterocycles. The van der Waals surface area contributed by atoms with E-state index >= 15 is 0 Å². The second-order valence-corrected chi connectivity index (χ2v) is 6.36. The van der Waals surface area contributed by atoms with Gasteiger partial charge in [0, 0.05) is 26.0 Å². The van der Waals surface area contributed by atoms with Crippen LogP contribution in [-0.2, 0) is 6.54 Å². The molecule has 108 valence electrons. The van der Waals surface area contributed by atoms with E-state index in [1.165, 1.54) is 15.2 Å². The maximum atomic E-state index is 6.11. The Morgan fingerprint density at radius 3 is 2.57 bits per heavy atom. The topological polar surface area (TPSA) is 33.1 Å². The van der Waals surface area contributed by atoms with Crippen molar-refractivity contribution in [2.75, 3.05) is 11.6 Å². The van der Waals surface area contributed by atoms with Gasteiger partial charge in [-0.2, -0.15) is 4.57 Å². The summed E-state index contributed by atoms with van der Waals surface area (Å²) < 4.78 is 3.74. The number of rotatable bonds is 5. The first-order valence-electron chi connectivity index (χ1n) is 7.21. The number of aromatic nitrogens is 1. The van der Waals surface area contributed by atoms with E-state index in [1.54, 1.807) is 0 Å². The normalized spacial score (nSPS) is 11.0. The average Bonchev–Trinajstić information content (AvgIpc) is 2.84. The van der Waals surface area contributed by atoms with Crippen molar-refractivity contribution in [3.63, 3.8) is 0 Å². The van der Waals surface area contributed by atoms with E-state index in [-0.39, 0.29) is 0 Å². The van der Waals surface area contributed by atoms with Crippen LogP contribution in [0.2, 0.25) is 0 Å². The number of hydrazine groups is 1. The van der Waals surface area contributed by atoms with Crippen LogP contribution in [0.15, 0.2) is 54.6 Å². The molecule has 3 rings (SSSR count). The van der Waals surface area contributed by atoms with E-state index in [2.05, 4.69) is 35.8 Å². The van der Waals surface area contributed by atoms with Gasteiger partial charge in [-0.15, -0.1) is 0 Å². The molecule has 0 atom stereocenters. The van der Waals surface area contributed by atoms with Crippen molar-refractivity contribution < 1.29 is 4.57 Å². The second kappa shape index (κ2) is 6.24. The van der Waals surface area contributed by atoms with Crippen molar-refractivity contribution in [1.82, 2.24) is 0 Å². The largest absolute Gasteiger partial charge is 0.311 e. The summed E-state index contributed by atoms with van der Waals surface area (Å²) in [6, 6.07) is 18.7. The summed E-state index contributed by atoms with van der Waals surface area (Å²) in [6.45, 7) is 4.03. The first-order valence-corrected chi connectivity index (χ1v) is 8.02. The molecule has 3 aromatic rings. The van der Waals surface area contributed by atoms with Gasteiger partial charge in [-0.3, -0.25) is 0 Å². The first-order chi connectivity index (χ1) is 10.3. The van der Waals surface area contributed by atoms with E-state index in [4.69, 9.17) is 5.84 Å². The second-order valence-electron chi connectivity index (χ2n) is 5.12. The van der Waals surface area contributed by atoms with Crippen LogP contribution in [0.5, 0.6) is 0 Å². The van der Waals surface area contributed by atoms with Crippen LogP contribution >= 0.6 is 11.3 Å². The van der Waals surface area contributed by atoms with Crippen molar-refractivity contribution in [2.24, 2.45) is 5.84 Å². The SMILES string of the molecule is Cc1sc2ccccc2[n+]1CCCN(N)c1ccccc1. The highest BCUT2D eigenvalue weighted by atomic mass is 32.1. The highest BCUT2D eigenvalue weighted by Crippen LogP contribution is 2.19. The lowest BCUT2D eigenvalue weighted by Gasteiger charge is -2.17. The maximum Gasteiger partial charge on any atom is 0.235 e. The number of hydrogen-bond donors (Lipinski definition) is 1. The van der Waals surface area contributed by atoms with E-state index in [0.717, 1.165) is 25.2 Å². The smallest absolute Gasteiger partial charge is 0.235 e. The van der Waals surface area contributed by atoms with Crippen LogP contribution in [0.1, 0.15) is 11.4 Å². The molecule has 0 amide bonds. The Bertz CT molecular complexity index is 721. The Kier molecular flexibility index (Phi) is 4.18. The minimum absolute atomic E-state index is 0.848. The van der Waals surface area contributed by atoms with E-state index in [9.17, 15) is 0 Å². The summed E-state index contributed by atoms with van der Waals surface area (Å²) in [5, 5.41) is 3.17. The number of fused-ring (bicyclic) bond motifs is 1. The number of aryl methyl sites for hydroxylation is 2. The fraction of sp³-hybridized carbons (Fsp3) is 0.235. The number of nitrogens with two attached hydrogens (primary N) is 1. The predicted molar refractivity (Wildman–Crippen MR) is 89.3 cm³/mol. The zero-order valence-corrected chi connectivity index (χ0v) is 13.0. The van der Waals surface area contributed by atoms with Crippen LogP contribution in [0.3, 0.4) is 0 Å². The molecule has 0 unspecified atom stereocenters. The van der Waals surface area contributed by atoms with Gasteiger partial charge in [0.1, 0.15) is 4.70 Å². The number of para-hydroxylation sites is 2. The highest BCUT2D eigenvalue weighted by Gasteiger charge is 2.16. The Morgan fingerprint density at radius 2 is 1.76 bits per heavy atom. The minimum atomic E-state index is 0.848. The molecule has 4 heteroatoms. The van der Waals surface area contributed by atoms with Gasteiger partial charge in [0.25, 0.3) is 0 Å². The minimum Gasteiger partial charge on any atom is -0.311 e. The molecular formula is C17H20N3S+. The summed E-state index contributed by atoms with van der Waals surface area (Å²) in [5.74, 6) is 6.11. The average molecular weight is 298 g/mol. The molecule has 2 aromatic carbocycles. The van der Waals surface area contributed by atoms with Gasteiger partial charge in [0.15, 0.2) is 6.54 Å². The Balaban J connectivity index is 1.66. The summed E-state index contributed by atoms with van der Waals surface area (Å²) in [6.07, 6.45) is 1.03. The molecule has 0 radical (unpaired) electrons. The molecule has 2 N–H and O–H groups in total. The molecule has 0 fully saturated rings. The molecule has 1 aromatic heterocycles. The van der Waals surface area contributed by atoms with Crippen LogP contribution in [-0.4, -0.2) is 6.54 Å². The molecule has 3 nitrogen and oxygen atoms in total. The van der Waals surface area contributed by atoms with Crippen LogP contribution in [0.25, 0.3) is 10.2 Å². The maximum absolute atomic E-state index is 6.11. The summed E-state index contributed by atoms with van der Waals surface area (Å²) in [5.41, 5.74) is 2.39. The van der Waals surface area contributed by atoms with Gasteiger partial charge in [0.05, 0.1) is 5.69 Å². The van der Waals surface area contributed by atoms with Gasteiger partial charge in [-0.1, -0.05) is 41.7 Å². The van der Waals surface area contributed by atoms with Gasteiger partial charge < -0.3 is 5.01 Å². The number of benzene rings is 2. The molecule has 0 spiro atoms. The van der Waals surface area contributed by atoms with Gasteiger partial charge in [0.2, 0.25) is 10.5 Å². The Labute approximate surface area is 129 Å². The molecule has 0 aliphatic rings. The van der Waals surface area contributed by atoms with Crippen LogP contribution < -0.4 is 15.4 Å². The molecule has 21 heavy (non-hydrogen) atoms. The van der Waals surface area contributed by atoms with E-state index in [1.807, 2.05) is 46.7 Å². The fourth-order valence-electron chi connectivity index (χ4n) is 2.58. The third-order valence-electron chi connectivity index (χ3n) is 3.66. The number of hydrogen-bond acceptors (Lipinski definition) is 3. The number of anilines is 1. The van der Waals surface area contributed by atoms with Crippen molar-refractivity contribution in [2.45, 2.75) is 19.9 Å². The summed E-state index contributed by atoms with van der Waals surface area (Å²) in [7, 11) is 0. The van der Waals surface area contributed by atoms with Crippen molar-refractivity contribution in [1.29, 1.82) is 0 Å². The molecule has 0 bridgehead atoms. The fourth-order valence-corrected chi connectivity index (χ4v) is 3.62. The Hall–Kier alpha value is -1.91. The quantitative estimate of drug-likeness (QED) is 0.445. The lowest BCUT2D eigenvalue weighted by Crippen LogP contribution is -2.39. The van der Waals surface area contributed by atoms with Crippen LogP contribution in [0, 0.1) is 6.92 Å². The molecule has 0 aliphatic carbocycles. The van der Waals surface area contributed by atoms with E-state index < -0.39 is 0 Å². The molecule has 0 saturated carbocycles. The zero-order valence-electron chi connectivity index (χ0n) is 12.2. The Morgan fingerprint density at radius 1 is 1.05 bits per heavy atom. The third kappa shape index (κ3) is 3.06. The lowest BCUT2D eigenvalue weighted by molar-refractivity contribution is -0.673. The van der Waals surface area contributed by atoms with Gasteiger partial charge >= 0.3 is 0 Å². The predicted octanol–water partition coefficient (Wildman–Crippen LogP) is 3.27. The number of nitrogens with zero attached hydrogens (tertiary/aromatic N) is 2. The van der Waals surface area contributed by atoms with E-state index in [0.29, 0.717) is 0 Å². The van der Waals surface area contributed by atoms with Gasteiger partial charge in [-0.05, 0) is 18.2 Å². The molecule has 1 heterocycles. The summed E-state index contributed by atoms with van der Waals surface area (Å²) >= 11 is 1.85. The lowest BCUT2D eigenvalue weighted by atomic mass is 10.3. The zero-order chi connectivity index (χ0) is 14.7. The standard InChI is InChI=1S/C17H20N3S/c1-14-19(16-10-5-6-11-17(16)21-14)12-7-13-20(18)15-8-3-2-4-9-15/h2-6,8-11H,7,12-13,18H2,1H3/q+1. The highest BCUT2D eigenvalue weighted by molar-refractivity contribution is 7.18.